The molecule has 146 valence electrons. The van der Waals surface area contributed by atoms with Gasteiger partial charge in [0.15, 0.2) is 5.65 Å². The van der Waals surface area contributed by atoms with Crippen molar-refractivity contribution in [2.45, 2.75) is 11.3 Å². The van der Waals surface area contributed by atoms with Crippen molar-refractivity contribution < 1.29 is 13.2 Å². The van der Waals surface area contributed by atoms with Crippen molar-refractivity contribution in [3.05, 3.63) is 84.6 Å². The molecule has 1 N–H and O–H groups in total. The van der Waals surface area contributed by atoms with Gasteiger partial charge in [0.2, 0.25) is 0 Å². The predicted molar refractivity (Wildman–Crippen MR) is 107 cm³/mol. The molecule has 8 nitrogen and oxygen atoms in total. The minimum Gasteiger partial charge on any atom is -0.352 e. The van der Waals surface area contributed by atoms with Gasteiger partial charge in [-0.25, -0.2) is 27.3 Å². The first-order valence-electron chi connectivity index (χ1n) is 8.86. The maximum absolute atomic E-state index is 12.9. The molecule has 2 aromatic heterocycles. The van der Waals surface area contributed by atoms with E-state index in [0.29, 0.717) is 24.0 Å². The highest BCUT2D eigenvalue weighted by Crippen LogP contribution is 2.18. The highest BCUT2D eigenvalue weighted by molar-refractivity contribution is 7.90. The van der Waals surface area contributed by atoms with Crippen LogP contribution in [-0.2, 0) is 16.4 Å². The fourth-order valence-electron chi connectivity index (χ4n) is 2.88. The van der Waals surface area contributed by atoms with Gasteiger partial charge in [0.1, 0.15) is 18.2 Å². The number of nitrogens with zero attached hydrogens (tertiary/aromatic N) is 4. The molecule has 0 atom stereocenters. The Morgan fingerprint density at radius 3 is 2.52 bits per heavy atom. The number of hydrogen-bond acceptors (Lipinski definition) is 6. The quantitative estimate of drug-likeness (QED) is 0.524. The van der Waals surface area contributed by atoms with Gasteiger partial charge in [-0.3, -0.25) is 4.79 Å². The number of hydrogen-bond donors (Lipinski definition) is 1. The van der Waals surface area contributed by atoms with Crippen LogP contribution in [0.5, 0.6) is 0 Å². The van der Waals surface area contributed by atoms with Crippen molar-refractivity contribution in [1.82, 2.24) is 24.2 Å². The molecule has 9 heteroatoms. The van der Waals surface area contributed by atoms with Crippen LogP contribution in [0.15, 0.2) is 78.3 Å². The van der Waals surface area contributed by atoms with Crippen LogP contribution in [0.4, 0.5) is 0 Å². The molecule has 2 heterocycles. The molecule has 0 fully saturated rings. The average Bonchev–Trinajstić information content (AvgIpc) is 3.19. The van der Waals surface area contributed by atoms with E-state index in [1.54, 1.807) is 0 Å². The maximum atomic E-state index is 12.9. The first kappa shape index (κ1) is 18.8. The molecule has 0 spiro atoms. The van der Waals surface area contributed by atoms with E-state index in [-0.39, 0.29) is 16.4 Å². The van der Waals surface area contributed by atoms with Gasteiger partial charge in [0, 0.05) is 12.1 Å². The number of benzene rings is 2. The summed E-state index contributed by atoms with van der Waals surface area (Å²) in [6, 6.07) is 15.6. The van der Waals surface area contributed by atoms with Crippen LogP contribution in [0.1, 0.15) is 15.9 Å². The van der Waals surface area contributed by atoms with Crippen LogP contribution in [0.25, 0.3) is 11.2 Å². The van der Waals surface area contributed by atoms with Crippen molar-refractivity contribution in [2.75, 3.05) is 6.54 Å². The highest BCUT2D eigenvalue weighted by Gasteiger charge is 2.21. The molecule has 4 aromatic rings. The van der Waals surface area contributed by atoms with Gasteiger partial charge in [0.25, 0.3) is 15.9 Å². The molecule has 0 bridgehead atoms. The lowest BCUT2D eigenvalue weighted by atomic mass is 10.1. The number of aromatic nitrogens is 4. The minimum absolute atomic E-state index is 0.0382. The Morgan fingerprint density at radius 1 is 1.00 bits per heavy atom. The standard InChI is InChI=1S/C20H17N5O3S/c26-20(22-11-10-15-4-2-1-3-5-15)16-6-8-17(9-7-16)29(27,28)25-14-24-18-12-21-13-23-19(18)25/h1-9,12-14H,10-11H2,(H,22,26). The molecule has 0 saturated carbocycles. The van der Waals surface area contributed by atoms with E-state index in [2.05, 4.69) is 20.3 Å². The summed E-state index contributed by atoms with van der Waals surface area (Å²) in [6.45, 7) is 0.490. The second-order valence-corrected chi connectivity index (χ2v) is 8.11. The normalized spacial score (nSPS) is 11.4. The van der Waals surface area contributed by atoms with Gasteiger partial charge < -0.3 is 5.32 Å². The van der Waals surface area contributed by atoms with Gasteiger partial charge in [-0.05, 0) is 36.2 Å². The molecule has 4 rings (SSSR count). The lowest BCUT2D eigenvalue weighted by Gasteiger charge is -2.08. The SMILES string of the molecule is O=C(NCCc1ccccc1)c1ccc(S(=O)(=O)n2cnc3cncnc32)cc1. The van der Waals surface area contributed by atoms with Crippen LogP contribution in [0.3, 0.4) is 0 Å². The monoisotopic (exact) mass is 407 g/mol. The molecule has 0 aliphatic heterocycles. The summed E-state index contributed by atoms with van der Waals surface area (Å²) in [4.78, 5) is 24.2. The Morgan fingerprint density at radius 2 is 1.76 bits per heavy atom. The molecule has 0 aliphatic carbocycles. The van der Waals surface area contributed by atoms with Crippen molar-refractivity contribution in [3.8, 4) is 0 Å². The largest absolute Gasteiger partial charge is 0.352 e. The summed E-state index contributed by atoms with van der Waals surface area (Å²) in [5, 5.41) is 2.84. The number of carbonyl (C=O) groups excluding carboxylic acids is 1. The van der Waals surface area contributed by atoms with E-state index >= 15 is 0 Å². The number of amides is 1. The van der Waals surface area contributed by atoms with Crippen LogP contribution in [-0.4, -0.2) is 39.8 Å². The third kappa shape index (κ3) is 3.85. The summed E-state index contributed by atoms with van der Waals surface area (Å²) in [6.07, 6.45) is 4.61. The van der Waals surface area contributed by atoms with E-state index in [4.69, 9.17) is 0 Å². The molecular formula is C20H17N5O3S. The van der Waals surface area contributed by atoms with Crippen molar-refractivity contribution in [3.63, 3.8) is 0 Å². The lowest BCUT2D eigenvalue weighted by molar-refractivity contribution is 0.0954. The van der Waals surface area contributed by atoms with Gasteiger partial charge in [-0.2, -0.15) is 0 Å². The number of fused-ring (bicyclic) bond motifs is 1. The highest BCUT2D eigenvalue weighted by atomic mass is 32.2. The Hall–Kier alpha value is -3.59. The first-order valence-corrected chi connectivity index (χ1v) is 10.3. The summed E-state index contributed by atoms with van der Waals surface area (Å²) in [5.41, 5.74) is 2.09. The summed E-state index contributed by atoms with van der Waals surface area (Å²) >= 11 is 0. The molecule has 0 aliphatic rings. The predicted octanol–water partition coefficient (Wildman–Crippen LogP) is 2.04. The average molecular weight is 407 g/mol. The number of carbonyl (C=O) groups is 1. The van der Waals surface area contributed by atoms with Crippen LogP contribution in [0.2, 0.25) is 0 Å². The third-order valence-corrected chi connectivity index (χ3v) is 6.05. The van der Waals surface area contributed by atoms with Gasteiger partial charge >= 0.3 is 0 Å². The zero-order valence-electron chi connectivity index (χ0n) is 15.3. The molecule has 0 saturated heterocycles. The number of imidazole rings is 1. The van der Waals surface area contributed by atoms with Crippen molar-refractivity contribution in [1.29, 1.82) is 0 Å². The Kier molecular flexibility index (Phi) is 5.05. The van der Waals surface area contributed by atoms with E-state index in [0.717, 1.165) is 9.54 Å². The summed E-state index contributed by atoms with van der Waals surface area (Å²) in [5.74, 6) is -0.259. The topological polar surface area (TPSA) is 107 Å². The molecule has 0 radical (unpaired) electrons. The van der Waals surface area contributed by atoms with E-state index in [9.17, 15) is 13.2 Å². The minimum atomic E-state index is -3.89. The van der Waals surface area contributed by atoms with Gasteiger partial charge in [0.05, 0.1) is 11.1 Å². The molecule has 2 aromatic carbocycles. The zero-order valence-corrected chi connectivity index (χ0v) is 16.1. The van der Waals surface area contributed by atoms with Gasteiger partial charge in [-0.15, -0.1) is 0 Å². The first-order chi connectivity index (χ1) is 14.1. The van der Waals surface area contributed by atoms with E-state index < -0.39 is 10.0 Å². The third-order valence-electron chi connectivity index (χ3n) is 4.40. The fraction of sp³-hybridized carbons (Fsp3) is 0.100. The Labute approximate surface area is 167 Å². The number of rotatable bonds is 6. The smallest absolute Gasteiger partial charge is 0.270 e. The lowest BCUT2D eigenvalue weighted by Crippen LogP contribution is -2.25. The van der Waals surface area contributed by atoms with Crippen molar-refractivity contribution >= 4 is 27.1 Å². The zero-order chi connectivity index (χ0) is 20.3. The molecular weight excluding hydrogens is 390 g/mol. The van der Waals surface area contributed by atoms with E-state index in [1.807, 2.05) is 30.3 Å². The van der Waals surface area contributed by atoms with Crippen LogP contribution in [0, 0.1) is 0 Å². The molecule has 1 amide bonds. The molecule has 29 heavy (non-hydrogen) atoms. The second kappa shape index (κ2) is 7.80. The summed E-state index contributed by atoms with van der Waals surface area (Å²) in [7, 11) is -3.89. The molecule has 0 unspecified atom stereocenters. The Balaban J connectivity index is 1.47. The second-order valence-electron chi connectivity index (χ2n) is 6.29. The van der Waals surface area contributed by atoms with E-state index in [1.165, 1.54) is 43.1 Å². The van der Waals surface area contributed by atoms with Crippen LogP contribution >= 0.6 is 0 Å². The fourth-order valence-corrected chi connectivity index (χ4v) is 4.13. The Bertz CT molecular complexity index is 1250. The van der Waals surface area contributed by atoms with Crippen molar-refractivity contribution in [2.24, 2.45) is 0 Å². The van der Waals surface area contributed by atoms with Gasteiger partial charge in [-0.1, -0.05) is 30.3 Å². The number of nitrogens with one attached hydrogen (secondary N) is 1. The summed E-state index contributed by atoms with van der Waals surface area (Å²) < 4.78 is 26.8. The van der Waals surface area contributed by atoms with Crippen LogP contribution < -0.4 is 5.32 Å². The maximum Gasteiger partial charge on any atom is 0.270 e.